The number of aryl methyl sites for hydroxylation is 1. The Morgan fingerprint density at radius 2 is 1.88 bits per heavy atom. The molecular weight excluding hydrogens is 308 g/mol. The van der Waals surface area contributed by atoms with Crippen molar-refractivity contribution in [3.63, 3.8) is 0 Å². The standard InChI is InChI=1S/C17H18N4O3/c1-2-5-11-10-14(20-19-11)15(22)18-8-9-21-16(23)12-6-3-4-7-13(12)17(21)24/h3-4,6-7,10H,2,5,8-9H2,1H3,(H,18,22)(H,19,20). The van der Waals surface area contributed by atoms with Gasteiger partial charge in [-0.2, -0.15) is 5.10 Å². The average Bonchev–Trinajstić information content (AvgIpc) is 3.14. The summed E-state index contributed by atoms with van der Waals surface area (Å²) < 4.78 is 0. The molecule has 2 aromatic rings. The van der Waals surface area contributed by atoms with Crippen LogP contribution in [0.4, 0.5) is 0 Å². The Balaban J connectivity index is 1.56. The maximum absolute atomic E-state index is 12.2. The Hall–Kier alpha value is -2.96. The lowest BCUT2D eigenvalue weighted by atomic mass is 10.1. The number of amides is 3. The molecule has 24 heavy (non-hydrogen) atoms. The molecule has 0 saturated heterocycles. The summed E-state index contributed by atoms with van der Waals surface area (Å²) in [5.41, 5.74) is 2.03. The molecule has 3 rings (SSSR count). The minimum Gasteiger partial charge on any atom is -0.349 e. The Morgan fingerprint density at radius 1 is 1.21 bits per heavy atom. The van der Waals surface area contributed by atoms with Gasteiger partial charge < -0.3 is 5.32 Å². The first-order valence-corrected chi connectivity index (χ1v) is 7.89. The van der Waals surface area contributed by atoms with Crippen LogP contribution in [0.2, 0.25) is 0 Å². The van der Waals surface area contributed by atoms with E-state index in [9.17, 15) is 14.4 Å². The third kappa shape index (κ3) is 2.92. The van der Waals surface area contributed by atoms with Crippen LogP contribution in [-0.4, -0.2) is 45.9 Å². The van der Waals surface area contributed by atoms with E-state index in [0.29, 0.717) is 16.8 Å². The van der Waals surface area contributed by atoms with Crippen LogP contribution in [0.25, 0.3) is 0 Å². The van der Waals surface area contributed by atoms with Crippen molar-refractivity contribution in [3.05, 3.63) is 52.8 Å². The monoisotopic (exact) mass is 326 g/mol. The number of aromatic amines is 1. The lowest BCUT2D eigenvalue weighted by Gasteiger charge is -2.13. The summed E-state index contributed by atoms with van der Waals surface area (Å²) in [5.74, 6) is -0.977. The van der Waals surface area contributed by atoms with Gasteiger partial charge in [-0.25, -0.2) is 0 Å². The molecular formula is C17H18N4O3. The maximum Gasteiger partial charge on any atom is 0.271 e. The van der Waals surface area contributed by atoms with E-state index in [0.717, 1.165) is 23.4 Å². The Bertz CT molecular complexity index is 762. The third-order valence-electron chi connectivity index (χ3n) is 3.88. The molecule has 0 spiro atoms. The third-order valence-corrected chi connectivity index (χ3v) is 3.88. The molecule has 0 atom stereocenters. The quantitative estimate of drug-likeness (QED) is 0.784. The molecule has 0 bridgehead atoms. The number of H-pyrrole nitrogens is 1. The maximum atomic E-state index is 12.2. The predicted molar refractivity (Wildman–Crippen MR) is 86.7 cm³/mol. The van der Waals surface area contributed by atoms with Crippen molar-refractivity contribution in [3.8, 4) is 0 Å². The highest BCUT2D eigenvalue weighted by molar-refractivity contribution is 6.21. The van der Waals surface area contributed by atoms with Gasteiger partial charge in [-0.15, -0.1) is 0 Å². The summed E-state index contributed by atoms with van der Waals surface area (Å²) in [5, 5.41) is 9.46. The van der Waals surface area contributed by atoms with Crippen LogP contribution in [0.15, 0.2) is 30.3 Å². The summed E-state index contributed by atoms with van der Waals surface area (Å²) in [4.78, 5) is 37.6. The van der Waals surface area contributed by atoms with Gasteiger partial charge in [0.05, 0.1) is 11.1 Å². The van der Waals surface area contributed by atoms with Crippen LogP contribution in [0.5, 0.6) is 0 Å². The molecule has 1 aliphatic rings. The molecule has 7 nitrogen and oxygen atoms in total. The molecule has 124 valence electrons. The second-order valence-corrected chi connectivity index (χ2v) is 5.59. The summed E-state index contributed by atoms with van der Waals surface area (Å²) in [7, 11) is 0. The lowest BCUT2D eigenvalue weighted by Crippen LogP contribution is -2.38. The van der Waals surface area contributed by atoms with Crippen molar-refractivity contribution in [2.24, 2.45) is 0 Å². The van der Waals surface area contributed by atoms with E-state index in [-0.39, 0.29) is 30.8 Å². The smallest absolute Gasteiger partial charge is 0.271 e. The number of hydrogen-bond acceptors (Lipinski definition) is 4. The van der Waals surface area contributed by atoms with Crippen molar-refractivity contribution < 1.29 is 14.4 Å². The summed E-state index contributed by atoms with van der Waals surface area (Å²) in [6, 6.07) is 8.42. The molecule has 0 unspecified atom stereocenters. The number of rotatable bonds is 6. The fourth-order valence-electron chi connectivity index (χ4n) is 2.69. The first-order valence-electron chi connectivity index (χ1n) is 7.89. The van der Waals surface area contributed by atoms with Crippen LogP contribution in [0.1, 0.15) is 50.2 Å². The molecule has 0 aliphatic carbocycles. The van der Waals surface area contributed by atoms with Crippen molar-refractivity contribution in [2.75, 3.05) is 13.1 Å². The van der Waals surface area contributed by atoms with Gasteiger partial charge in [-0.3, -0.25) is 24.4 Å². The number of nitrogens with zero attached hydrogens (tertiary/aromatic N) is 2. The number of benzene rings is 1. The first kappa shape index (κ1) is 15.9. The van der Waals surface area contributed by atoms with E-state index in [1.165, 1.54) is 0 Å². The number of aromatic nitrogens is 2. The Labute approximate surface area is 139 Å². The van der Waals surface area contributed by atoms with E-state index in [1.54, 1.807) is 30.3 Å². The zero-order valence-electron chi connectivity index (χ0n) is 13.3. The van der Waals surface area contributed by atoms with E-state index < -0.39 is 0 Å². The minimum absolute atomic E-state index is 0.129. The number of imide groups is 1. The number of carbonyl (C=O) groups excluding carboxylic acids is 3. The van der Waals surface area contributed by atoms with Crippen molar-refractivity contribution in [1.29, 1.82) is 0 Å². The molecule has 0 radical (unpaired) electrons. The van der Waals surface area contributed by atoms with Crippen molar-refractivity contribution in [2.45, 2.75) is 19.8 Å². The lowest BCUT2D eigenvalue weighted by molar-refractivity contribution is 0.0649. The average molecular weight is 326 g/mol. The Morgan fingerprint density at radius 3 is 2.50 bits per heavy atom. The normalized spacial score (nSPS) is 13.3. The van der Waals surface area contributed by atoms with Crippen molar-refractivity contribution in [1.82, 2.24) is 20.4 Å². The summed E-state index contributed by atoms with van der Waals surface area (Å²) >= 11 is 0. The van der Waals surface area contributed by atoms with E-state index in [1.807, 2.05) is 6.92 Å². The summed E-state index contributed by atoms with van der Waals surface area (Å²) in [6.07, 6.45) is 1.79. The molecule has 1 aliphatic heterocycles. The van der Waals surface area contributed by atoms with Gasteiger partial charge in [0.15, 0.2) is 0 Å². The van der Waals surface area contributed by atoms with Gasteiger partial charge in [-0.05, 0) is 24.6 Å². The number of fused-ring (bicyclic) bond motifs is 1. The molecule has 1 aromatic heterocycles. The van der Waals surface area contributed by atoms with E-state index >= 15 is 0 Å². The minimum atomic E-state index is -0.329. The van der Waals surface area contributed by atoms with Crippen LogP contribution >= 0.6 is 0 Å². The van der Waals surface area contributed by atoms with E-state index in [2.05, 4.69) is 15.5 Å². The highest BCUT2D eigenvalue weighted by atomic mass is 16.2. The first-order chi connectivity index (χ1) is 11.6. The van der Waals surface area contributed by atoms with Gasteiger partial charge >= 0.3 is 0 Å². The predicted octanol–water partition coefficient (Wildman–Crippen LogP) is 1.39. The zero-order valence-corrected chi connectivity index (χ0v) is 13.3. The zero-order chi connectivity index (χ0) is 17.1. The SMILES string of the molecule is CCCc1cc(C(=O)NCCN2C(=O)c3ccccc3C2=O)n[nH]1. The second-order valence-electron chi connectivity index (χ2n) is 5.59. The van der Waals surface area contributed by atoms with Crippen LogP contribution in [-0.2, 0) is 6.42 Å². The number of carbonyl (C=O) groups is 3. The van der Waals surface area contributed by atoms with Crippen LogP contribution in [0, 0.1) is 0 Å². The highest BCUT2D eigenvalue weighted by Gasteiger charge is 2.34. The number of hydrogen-bond donors (Lipinski definition) is 2. The number of nitrogens with one attached hydrogen (secondary N) is 2. The van der Waals surface area contributed by atoms with Gasteiger partial charge in [0.2, 0.25) is 0 Å². The molecule has 0 saturated carbocycles. The largest absolute Gasteiger partial charge is 0.349 e. The molecule has 0 fully saturated rings. The van der Waals surface area contributed by atoms with Gasteiger partial charge in [0.25, 0.3) is 17.7 Å². The van der Waals surface area contributed by atoms with Crippen LogP contribution < -0.4 is 5.32 Å². The fraction of sp³-hybridized carbons (Fsp3) is 0.294. The fourth-order valence-corrected chi connectivity index (χ4v) is 2.69. The van der Waals surface area contributed by atoms with Crippen LogP contribution in [0.3, 0.4) is 0 Å². The second kappa shape index (κ2) is 6.66. The van der Waals surface area contributed by atoms with Gasteiger partial charge in [-0.1, -0.05) is 25.5 Å². The molecule has 2 N–H and O–H groups in total. The van der Waals surface area contributed by atoms with E-state index in [4.69, 9.17) is 0 Å². The Kier molecular flexibility index (Phi) is 4.41. The highest BCUT2D eigenvalue weighted by Crippen LogP contribution is 2.21. The molecule has 3 amide bonds. The van der Waals surface area contributed by atoms with Gasteiger partial charge in [0, 0.05) is 18.8 Å². The van der Waals surface area contributed by atoms with Gasteiger partial charge in [0.1, 0.15) is 5.69 Å². The molecule has 2 heterocycles. The molecule has 7 heteroatoms. The summed E-state index contributed by atoms with van der Waals surface area (Å²) in [6.45, 7) is 2.35. The molecule has 1 aromatic carbocycles. The van der Waals surface area contributed by atoms with Crippen molar-refractivity contribution >= 4 is 17.7 Å². The topological polar surface area (TPSA) is 95.2 Å².